The molecule has 1 saturated heterocycles. The average Bonchev–Trinajstić information content (AvgIpc) is 2.82. The first-order valence-electron chi connectivity index (χ1n) is 6.23. The summed E-state index contributed by atoms with van der Waals surface area (Å²) < 4.78 is 9.60. The standard InChI is InChI=1S/C12H22N2O4/c1-17-7-3-5-13-11(15)9-14-6-4-10(8-14)12(16)18-2/h10H,3-9H2,1-2H3,(H,13,15). The molecule has 1 N–H and O–H groups in total. The van der Waals surface area contributed by atoms with Gasteiger partial charge in [0, 0.05) is 26.8 Å². The van der Waals surface area contributed by atoms with Crippen molar-refractivity contribution in [3.63, 3.8) is 0 Å². The van der Waals surface area contributed by atoms with Gasteiger partial charge in [-0.3, -0.25) is 14.5 Å². The van der Waals surface area contributed by atoms with Crippen LogP contribution in [-0.2, 0) is 19.1 Å². The van der Waals surface area contributed by atoms with Gasteiger partial charge in [-0.25, -0.2) is 0 Å². The Labute approximate surface area is 108 Å². The second kappa shape index (κ2) is 8.05. The van der Waals surface area contributed by atoms with Crippen LogP contribution in [0.5, 0.6) is 0 Å². The number of carbonyl (C=O) groups excluding carboxylic acids is 2. The number of methoxy groups -OCH3 is 2. The fourth-order valence-electron chi connectivity index (χ4n) is 2.04. The Morgan fingerprint density at radius 3 is 2.83 bits per heavy atom. The largest absolute Gasteiger partial charge is 0.469 e. The summed E-state index contributed by atoms with van der Waals surface area (Å²) in [6.45, 7) is 3.00. The van der Waals surface area contributed by atoms with Gasteiger partial charge in [-0.1, -0.05) is 0 Å². The zero-order chi connectivity index (χ0) is 13.4. The summed E-state index contributed by atoms with van der Waals surface area (Å²) in [5.41, 5.74) is 0. The van der Waals surface area contributed by atoms with Crippen molar-refractivity contribution in [1.82, 2.24) is 10.2 Å². The van der Waals surface area contributed by atoms with Crippen molar-refractivity contribution in [2.75, 3.05) is 47.0 Å². The van der Waals surface area contributed by atoms with Gasteiger partial charge in [0.25, 0.3) is 0 Å². The molecule has 6 heteroatoms. The lowest BCUT2D eigenvalue weighted by Gasteiger charge is -2.15. The number of amides is 1. The third-order valence-corrected chi connectivity index (χ3v) is 3.02. The predicted molar refractivity (Wildman–Crippen MR) is 66.1 cm³/mol. The van der Waals surface area contributed by atoms with E-state index in [1.807, 2.05) is 4.90 Å². The molecule has 1 heterocycles. The molecule has 0 aromatic heterocycles. The smallest absolute Gasteiger partial charge is 0.310 e. The number of hydrogen-bond acceptors (Lipinski definition) is 5. The minimum Gasteiger partial charge on any atom is -0.469 e. The average molecular weight is 258 g/mol. The molecule has 0 aromatic carbocycles. The maximum atomic E-state index is 11.6. The van der Waals surface area contributed by atoms with Crippen LogP contribution in [0.15, 0.2) is 0 Å². The summed E-state index contributed by atoms with van der Waals surface area (Å²) in [5.74, 6) is -0.272. The van der Waals surface area contributed by atoms with Gasteiger partial charge < -0.3 is 14.8 Å². The Hall–Kier alpha value is -1.14. The summed E-state index contributed by atoms with van der Waals surface area (Å²) in [7, 11) is 3.03. The quantitative estimate of drug-likeness (QED) is 0.498. The van der Waals surface area contributed by atoms with Gasteiger partial charge in [-0.05, 0) is 19.4 Å². The fourth-order valence-corrected chi connectivity index (χ4v) is 2.04. The van der Waals surface area contributed by atoms with Crippen molar-refractivity contribution in [3.05, 3.63) is 0 Å². The molecule has 0 spiro atoms. The third kappa shape index (κ3) is 5.01. The van der Waals surface area contributed by atoms with E-state index in [1.165, 1.54) is 7.11 Å². The number of likely N-dealkylation sites (tertiary alicyclic amines) is 1. The van der Waals surface area contributed by atoms with E-state index in [0.717, 1.165) is 19.4 Å². The molecule has 0 radical (unpaired) electrons. The third-order valence-electron chi connectivity index (χ3n) is 3.02. The van der Waals surface area contributed by atoms with E-state index >= 15 is 0 Å². The Morgan fingerprint density at radius 2 is 2.17 bits per heavy atom. The Balaban J connectivity index is 2.16. The van der Waals surface area contributed by atoms with Gasteiger partial charge in [-0.2, -0.15) is 0 Å². The van der Waals surface area contributed by atoms with E-state index in [9.17, 15) is 9.59 Å². The normalized spacial score (nSPS) is 19.8. The van der Waals surface area contributed by atoms with Crippen LogP contribution in [0.2, 0.25) is 0 Å². The van der Waals surface area contributed by atoms with Gasteiger partial charge >= 0.3 is 5.97 Å². The van der Waals surface area contributed by atoms with Crippen LogP contribution in [0.25, 0.3) is 0 Å². The zero-order valence-electron chi connectivity index (χ0n) is 11.1. The first-order valence-corrected chi connectivity index (χ1v) is 6.23. The van der Waals surface area contributed by atoms with E-state index in [-0.39, 0.29) is 17.8 Å². The molecule has 1 aliphatic rings. The molecule has 1 amide bonds. The van der Waals surface area contributed by atoms with Crippen molar-refractivity contribution in [1.29, 1.82) is 0 Å². The molecule has 0 aliphatic carbocycles. The molecule has 6 nitrogen and oxygen atoms in total. The Kier molecular flexibility index (Phi) is 6.67. The number of carbonyl (C=O) groups is 2. The SMILES string of the molecule is COCCCNC(=O)CN1CCC(C(=O)OC)C1. The fraction of sp³-hybridized carbons (Fsp3) is 0.833. The van der Waals surface area contributed by atoms with E-state index in [1.54, 1.807) is 7.11 Å². The lowest BCUT2D eigenvalue weighted by atomic mass is 10.1. The minimum absolute atomic E-state index is 0.00313. The van der Waals surface area contributed by atoms with Gasteiger partial charge in [0.05, 0.1) is 19.6 Å². The highest BCUT2D eigenvalue weighted by Gasteiger charge is 2.29. The van der Waals surface area contributed by atoms with Gasteiger partial charge in [0.15, 0.2) is 0 Å². The first-order chi connectivity index (χ1) is 8.67. The van der Waals surface area contributed by atoms with Crippen molar-refractivity contribution in [2.24, 2.45) is 5.92 Å². The van der Waals surface area contributed by atoms with E-state index < -0.39 is 0 Å². The second-order valence-corrected chi connectivity index (χ2v) is 4.44. The topological polar surface area (TPSA) is 67.9 Å². The number of nitrogens with one attached hydrogen (secondary N) is 1. The summed E-state index contributed by atoms with van der Waals surface area (Å²) >= 11 is 0. The number of nitrogens with zero attached hydrogens (tertiary/aromatic N) is 1. The predicted octanol–water partition coefficient (Wildman–Crippen LogP) is -0.366. The van der Waals surface area contributed by atoms with E-state index in [4.69, 9.17) is 9.47 Å². The molecular weight excluding hydrogens is 236 g/mol. The number of rotatable bonds is 7. The summed E-state index contributed by atoms with van der Waals surface area (Å²) in [6.07, 6.45) is 1.58. The molecule has 1 fully saturated rings. The van der Waals surface area contributed by atoms with E-state index in [2.05, 4.69) is 5.32 Å². The Bertz CT molecular complexity index is 283. The highest BCUT2D eigenvalue weighted by molar-refractivity contribution is 5.78. The molecule has 0 aromatic rings. The molecule has 18 heavy (non-hydrogen) atoms. The summed E-state index contributed by atoms with van der Waals surface area (Å²) in [6, 6.07) is 0. The zero-order valence-corrected chi connectivity index (χ0v) is 11.1. The van der Waals surface area contributed by atoms with Crippen LogP contribution in [0, 0.1) is 5.92 Å². The molecule has 1 aliphatic heterocycles. The Morgan fingerprint density at radius 1 is 1.39 bits per heavy atom. The van der Waals surface area contributed by atoms with Crippen molar-refractivity contribution in [2.45, 2.75) is 12.8 Å². The van der Waals surface area contributed by atoms with Gasteiger partial charge in [-0.15, -0.1) is 0 Å². The van der Waals surface area contributed by atoms with Crippen LogP contribution >= 0.6 is 0 Å². The van der Waals surface area contributed by atoms with E-state index in [0.29, 0.717) is 26.2 Å². The molecule has 104 valence electrons. The van der Waals surface area contributed by atoms with Crippen molar-refractivity contribution in [3.8, 4) is 0 Å². The summed E-state index contributed by atoms with van der Waals surface area (Å²) in [4.78, 5) is 24.9. The van der Waals surface area contributed by atoms with Crippen LogP contribution in [-0.4, -0.2) is 63.8 Å². The van der Waals surface area contributed by atoms with Crippen LogP contribution < -0.4 is 5.32 Å². The molecular formula is C12H22N2O4. The maximum absolute atomic E-state index is 11.6. The molecule has 0 saturated carbocycles. The highest BCUT2D eigenvalue weighted by atomic mass is 16.5. The van der Waals surface area contributed by atoms with Crippen LogP contribution in [0.4, 0.5) is 0 Å². The lowest BCUT2D eigenvalue weighted by Crippen LogP contribution is -2.37. The first kappa shape index (κ1) is 14.9. The molecule has 0 bridgehead atoms. The van der Waals surface area contributed by atoms with Crippen molar-refractivity contribution >= 4 is 11.9 Å². The molecule has 1 atom stereocenters. The molecule has 1 rings (SSSR count). The van der Waals surface area contributed by atoms with Gasteiger partial charge in [0.2, 0.25) is 5.91 Å². The van der Waals surface area contributed by atoms with Crippen LogP contribution in [0.1, 0.15) is 12.8 Å². The number of esters is 1. The number of hydrogen-bond donors (Lipinski definition) is 1. The van der Waals surface area contributed by atoms with Gasteiger partial charge in [0.1, 0.15) is 0 Å². The minimum atomic E-state index is -0.182. The second-order valence-electron chi connectivity index (χ2n) is 4.44. The lowest BCUT2D eigenvalue weighted by molar-refractivity contribution is -0.145. The highest BCUT2D eigenvalue weighted by Crippen LogP contribution is 2.16. The van der Waals surface area contributed by atoms with Crippen LogP contribution in [0.3, 0.4) is 0 Å². The summed E-state index contributed by atoms with van der Waals surface area (Å²) in [5, 5.41) is 2.83. The monoisotopic (exact) mass is 258 g/mol. The number of ether oxygens (including phenoxy) is 2. The molecule has 1 unspecified atom stereocenters. The maximum Gasteiger partial charge on any atom is 0.310 e. The van der Waals surface area contributed by atoms with Crippen molar-refractivity contribution < 1.29 is 19.1 Å².